The molecule has 2 heterocycles. The Morgan fingerprint density at radius 1 is 0.806 bits per heavy atom. The second kappa shape index (κ2) is 9.91. The van der Waals surface area contributed by atoms with Gasteiger partial charge in [0.15, 0.2) is 0 Å². The van der Waals surface area contributed by atoms with Crippen LogP contribution in [0.3, 0.4) is 0 Å². The number of benzene rings is 3. The average Bonchev–Trinajstić information content (AvgIpc) is 2.91. The zero-order chi connectivity index (χ0) is 24.9. The summed E-state index contributed by atoms with van der Waals surface area (Å²) >= 11 is 0. The van der Waals surface area contributed by atoms with Gasteiger partial charge in [0.25, 0.3) is 5.91 Å². The zero-order valence-corrected chi connectivity index (χ0v) is 18.9. The van der Waals surface area contributed by atoms with Crippen LogP contribution in [0, 0.1) is 17.1 Å². The Balaban J connectivity index is 1.35. The predicted molar refractivity (Wildman–Crippen MR) is 138 cm³/mol. The lowest BCUT2D eigenvalue weighted by Gasteiger charge is -2.12. The Labute approximate surface area is 206 Å². The molecule has 3 aromatic carbocycles. The van der Waals surface area contributed by atoms with Crippen molar-refractivity contribution < 1.29 is 9.18 Å². The van der Waals surface area contributed by atoms with Gasteiger partial charge in [-0.2, -0.15) is 5.26 Å². The van der Waals surface area contributed by atoms with Crippen LogP contribution in [-0.2, 0) is 0 Å². The highest BCUT2D eigenvalue weighted by Crippen LogP contribution is 2.27. The first-order valence-electron chi connectivity index (χ1n) is 11.0. The molecule has 8 heteroatoms. The van der Waals surface area contributed by atoms with E-state index in [1.54, 1.807) is 67.1 Å². The van der Waals surface area contributed by atoms with Gasteiger partial charge in [0.2, 0.25) is 0 Å². The van der Waals surface area contributed by atoms with Crippen LogP contribution in [0.2, 0.25) is 0 Å². The summed E-state index contributed by atoms with van der Waals surface area (Å²) in [6.45, 7) is 0. The highest BCUT2D eigenvalue weighted by Gasteiger charge is 2.11. The zero-order valence-electron chi connectivity index (χ0n) is 18.9. The van der Waals surface area contributed by atoms with E-state index in [-0.39, 0.29) is 11.6 Å². The van der Waals surface area contributed by atoms with Crippen molar-refractivity contribution in [2.75, 3.05) is 16.0 Å². The van der Waals surface area contributed by atoms with Crippen LogP contribution in [0.15, 0.2) is 97.5 Å². The molecule has 0 bridgehead atoms. The third-order valence-electron chi connectivity index (χ3n) is 5.46. The number of amides is 1. The molecule has 0 atom stereocenters. The molecule has 0 aliphatic carbocycles. The average molecular weight is 474 g/mol. The molecule has 7 nitrogen and oxygen atoms in total. The summed E-state index contributed by atoms with van der Waals surface area (Å²) in [7, 11) is 0. The van der Waals surface area contributed by atoms with Gasteiger partial charge in [-0.1, -0.05) is 6.07 Å². The highest BCUT2D eigenvalue weighted by atomic mass is 19.1. The summed E-state index contributed by atoms with van der Waals surface area (Å²) in [5.74, 6) is -0.786. The molecule has 0 aliphatic heterocycles. The molecule has 3 N–H and O–H groups in total. The number of carbonyl (C=O) groups is 1. The predicted octanol–water partition coefficient (Wildman–Crippen LogP) is 6.38. The molecule has 0 spiro atoms. The van der Waals surface area contributed by atoms with Gasteiger partial charge >= 0.3 is 0 Å². The van der Waals surface area contributed by atoms with E-state index < -0.39 is 5.82 Å². The van der Waals surface area contributed by atoms with E-state index in [0.717, 1.165) is 16.6 Å². The fourth-order valence-corrected chi connectivity index (χ4v) is 3.71. The summed E-state index contributed by atoms with van der Waals surface area (Å²) in [6.07, 6.45) is 4.88. The lowest BCUT2D eigenvalue weighted by atomic mass is 10.1. The maximum atomic E-state index is 14.3. The number of carbonyl (C=O) groups excluding carboxylic acids is 1. The largest absolute Gasteiger partial charge is 0.355 e. The van der Waals surface area contributed by atoms with Crippen LogP contribution in [0.1, 0.15) is 15.9 Å². The number of nitrogens with one attached hydrogen (secondary N) is 3. The molecule has 0 aliphatic rings. The first kappa shape index (κ1) is 22.5. The van der Waals surface area contributed by atoms with Crippen molar-refractivity contribution in [3.05, 3.63) is 114 Å². The molecule has 5 rings (SSSR count). The Morgan fingerprint density at radius 3 is 2.47 bits per heavy atom. The van der Waals surface area contributed by atoms with Crippen molar-refractivity contribution in [2.24, 2.45) is 0 Å². The van der Waals surface area contributed by atoms with Gasteiger partial charge in [-0.15, -0.1) is 0 Å². The van der Waals surface area contributed by atoms with Crippen molar-refractivity contribution in [1.29, 1.82) is 5.26 Å². The van der Waals surface area contributed by atoms with E-state index in [1.807, 2.05) is 12.1 Å². The molecular formula is C28H19FN6O. The van der Waals surface area contributed by atoms with Crippen LogP contribution in [0.5, 0.6) is 0 Å². The molecule has 174 valence electrons. The number of hydrogen-bond acceptors (Lipinski definition) is 6. The Hall–Kier alpha value is -5.29. The maximum absolute atomic E-state index is 14.3. The summed E-state index contributed by atoms with van der Waals surface area (Å²) in [6, 6.07) is 24.0. The standard InChI is InChI=1S/C28H19FN6O/c29-24-6-5-22(16-27(24)33-20-8-11-31-12-9-20)35-28(36)19-2-1-3-21(15-19)34-26-10-13-32-25-7-4-18(17-30)14-23(25)26/h1-16H,(H,31,33)(H,32,34)(H,35,36). The number of anilines is 5. The number of aromatic nitrogens is 2. The summed E-state index contributed by atoms with van der Waals surface area (Å²) in [5.41, 5.74) is 4.51. The molecule has 0 unspecified atom stereocenters. The lowest BCUT2D eigenvalue weighted by molar-refractivity contribution is 0.102. The van der Waals surface area contributed by atoms with Crippen molar-refractivity contribution in [3.63, 3.8) is 0 Å². The maximum Gasteiger partial charge on any atom is 0.255 e. The second-order valence-electron chi connectivity index (χ2n) is 7.92. The van der Waals surface area contributed by atoms with Gasteiger partial charge in [0, 0.05) is 52.3 Å². The number of halogens is 1. The van der Waals surface area contributed by atoms with Crippen LogP contribution in [0.25, 0.3) is 10.9 Å². The van der Waals surface area contributed by atoms with Crippen LogP contribution >= 0.6 is 0 Å². The van der Waals surface area contributed by atoms with Crippen molar-refractivity contribution in [3.8, 4) is 6.07 Å². The minimum atomic E-state index is -0.444. The summed E-state index contributed by atoms with van der Waals surface area (Å²) in [4.78, 5) is 21.2. The number of pyridine rings is 2. The Kier molecular flexibility index (Phi) is 6.19. The number of nitriles is 1. The van der Waals surface area contributed by atoms with Gasteiger partial charge in [-0.25, -0.2) is 4.39 Å². The van der Waals surface area contributed by atoms with Crippen LogP contribution < -0.4 is 16.0 Å². The molecule has 0 saturated carbocycles. The molecule has 1 amide bonds. The fourth-order valence-electron chi connectivity index (χ4n) is 3.71. The first-order valence-corrected chi connectivity index (χ1v) is 11.0. The SMILES string of the molecule is N#Cc1ccc2nccc(Nc3cccc(C(=O)Nc4ccc(F)c(Nc5ccncc5)c4)c3)c2c1. The molecule has 0 saturated heterocycles. The number of rotatable bonds is 6. The minimum Gasteiger partial charge on any atom is -0.355 e. The highest BCUT2D eigenvalue weighted by molar-refractivity contribution is 6.05. The van der Waals surface area contributed by atoms with Gasteiger partial charge < -0.3 is 16.0 Å². The van der Waals surface area contributed by atoms with Gasteiger partial charge in [-0.3, -0.25) is 14.8 Å². The topological polar surface area (TPSA) is 103 Å². The normalized spacial score (nSPS) is 10.4. The smallest absolute Gasteiger partial charge is 0.255 e. The second-order valence-corrected chi connectivity index (χ2v) is 7.92. The van der Waals surface area contributed by atoms with Crippen molar-refractivity contribution >= 4 is 45.2 Å². The van der Waals surface area contributed by atoms with Gasteiger partial charge in [0.05, 0.1) is 22.8 Å². The molecule has 36 heavy (non-hydrogen) atoms. The van der Waals surface area contributed by atoms with Crippen molar-refractivity contribution in [1.82, 2.24) is 9.97 Å². The number of hydrogen-bond donors (Lipinski definition) is 3. The Bertz CT molecular complexity index is 1610. The van der Waals surface area contributed by atoms with E-state index in [1.165, 1.54) is 18.2 Å². The Morgan fingerprint density at radius 2 is 1.64 bits per heavy atom. The number of fused-ring (bicyclic) bond motifs is 1. The minimum absolute atomic E-state index is 0.232. The van der Waals surface area contributed by atoms with E-state index >= 15 is 0 Å². The summed E-state index contributed by atoms with van der Waals surface area (Å²) in [5, 5.41) is 19.1. The van der Waals surface area contributed by atoms with Gasteiger partial charge in [0.1, 0.15) is 5.82 Å². The fraction of sp³-hybridized carbons (Fsp3) is 0. The van der Waals surface area contributed by atoms with E-state index in [0.29, 0.717) is 28.2 Å². The lowest BCUT2D eigenvalue weighted by Crippen LogP contribution is -2.12. The molecular weight excluding hydrogens is 455 g/mol. The third kappa shape index (κ3) is 4.95. The monoisotopic (exact) mass is 474 g/mol. The van der Waals surface area contributed by atoms with E-state index in [2.05, 4.69) is 32.0 Å². The molecule has 0 fully saturated rings. The first-order chi connectivity index (χ1) is 17.6. The quantitative estimate of drug-likeness (QED) is 0.264. The van der Waals surface area contributed by atoms with E-state index in [9.17, 15) is 14.4 Å². The van der Waals surface area contributed by atoms with E-state index in [4.69, 9.17) is 0 Å². The molecule has 0 radical (unpaired) electrons. The summed E-state index contributed by atoms with van der Waals surface area (Å²) < 4.78 is 14.3. The number of nitrogens with zero attached hydrogens (tertiary/aromatic N) is 3. The van der Waals surface area contributed by atoms with Crippen LogP contribution in [-0.4, -0.2) is 15.9 Å². The molecule has 5 aromatic rings. The molecule has 2 aromatic heterocycles. The van der Waals surface area contributed by atoms with Crippen molar-refractivity contribution in [2.45, 2.75) is 0 Å². The van der Waals surface area contributed by atoms with Gasteiger partial charge in [-0.05, 0) is 72.8 Å². The third-order valence-corrected chi connectivity index (χ3v) is 5.46. The van der Waals surface area contributed by atoms with Crippen LogP contribution in [0.4, 0.5) is 32.8 Å².